The first kappa shape index (κ1) is 15.2. The maximum absolute atomic E-state index is 12.3. The van der Waals surface area contributed by atoms with Crippen LogP contribution in [0.3, 0.4) is 0 Å². The summed E-state index contributed by atoms with van der Waals surface area (Å²) in [6, 6.07) is 9.50. The van der Waals surface area contributed by atoms with Gasteiger partial charge in [0.2, 0.25) is 0 Å². The Morgan fingerprint density at radius 1 is 0.900 bits per heavy atom. The zero-order valence-corrected chi connectivity index (χ0v) is 13.2. The third-order valence-electron chi connectivity index (χ3n) is 2.90. The monoisotopic (exact) mass is 330 g/mol. The van der Waals surface area contributed by atoms with Crippen molar-refractivity contribution in [2.24, 2.45) is 0 Å². The van der Waals surface area contributed by atoms with Gasteiger partial charge in [0, 0.05) is 15.6 Å². The first-order chi connectivity index (χ1) is 9.33. The average Bonchev–Trinajstić information content (AvgIpc) is 2.38. The average molecular weight is 331 g/mol. The minimum Gasteiger partial charge on any atom is -0.379 e. The highest BCUT2D eigenvalue weighted by Gasteiger charge is 2.21. The summed E-state index contributed by atoms with van der Waals surface area (Å²) in [7, 11) is -3.95. The fourth-order valence-corrected chi connectivity index (χ4v) is 3.33. The second kappa shape index (κ2) is 5.64. The Morgan fingerprint density at radius 3 is 2.10 bits per heavy atom. The predicted molar refractivity (Wildman–Crippen MR) is 80.2 cm³/mol. The summed E-state index contributed by atoms with van der Waals surface area (Å²) < 4.78 is 29.8. The van der Waals surface area contributed by atoms with Crippen LogP contribution in [0.1, 0.15) is 11.1 Å². The summed E-state index contributed by atoms with van der Waals surface area (Å²) in [6.45, 7) is 3.32. The van der Waals surface area contributed by atoms with Crippen molar-refractivity contribution in [3.05, 3.63) is 57.6 Å². The molecule has 0 aliphatic rings. The van der Waals surface area contributed by atoms with Crippen LogP contribution >= 0.6 is 23.2 Å². The van der Waals surface area contributed by atoms with Gasteiger partial charge in [-0.15, -0.1) is 0 Å². The lowest BCUT2D eigenvalue weighted by atomic mass is 10.2. The maximum atomic E-state index is 12.3. The third-order valence-corrected chi connectivity index (χ3v) is 5.10. The molecule has 0 amide bonds. The van der Waals surface area contributed by atoms with Crippen LogP contribution in [-0.2, 0) is 10.1 Å². The number of hydrogen-bond donors (Lipinski definition) is 0. The molecule has 0 bridgehead atoms. The van der Waals surface area contributed by atoms with Crippen molar-refractivity contribution >= 4 is 33.3 Å². The van der Waals surface area contributed by atoms with Crippen molar-refractivity contribution in [2.45, 2.75) is 18.7 Å². The van der Waals surface area contributed by atoms with Gasteiger partial charge in [-0.2, -0.15) is 8.42 Å². The summed E-state index contributed by atoms with van der Waals surface area (Å²) in [6.07, 6.45) is 0. The summed E-state index contributed by atoms with van der Waals surface area (Å²) in [4.78, 5) is 0.0457. The van der Waals surface area contributed by atoms with E-state index in [0.717, 1.165) is 0 Å². The van der Waals surface area contributed by atoms with E-state index in [1.54, 1.807) is 44.2 Å². The zero-order valence-electron chi connectivity index (χ0n) is 10.9. The largest absolute Gasteiger partial charge is 0.379 e. The second-order valence-corrected chi connectivity index (χ2v) is 6.59. The highest BCUT2D eigenvalue weighted by molar-refractivity contribution is 7.87. The van der Waals surface area contributed by atoms with Gasteiger partial charge in [-0.25, -0.2) is 0 Å². The second-order valence-electron chi connectivity index (χ2n) is 4.26. The van der Waals surface area contributed by atoms with E-state index in [0.29, 0.717) is 21.2 Å². The molecule has 106 valence electrons. The van der Waals surface area contributed by atoms with Crippen molar-refractivity contribution < 1.29 is 12.6 Å². The molecule has 0 aliphatic carbocycles. The lowest BCUT2D eigenvalue weighted by molar-refractivity contribution is 0.483. The van der Waals surface area contributed by atoms with E-state index >= 15 is 0 Å². The van der Waals surface area contributed by atoms with Crippen molar-refractivity contribution in [1.29, 1.82) is 0 Å². The first-order valence-electron chi connectivity index (χ1n) is 5.77. The molecule has 0 radical (unpaired) electrons. The summed E-state index contributed by atoms with van der Waals surface area (Å²) in [5, 5.41) is 0.818. The Bertz CT molecular complexity index is 755. The molecule has 2 aromatic rings. The highest BCUT2D eigenvalue weighted by Crippen LogP contribution is 2.30. The van der Waals surface area contributed by atoms with E-state index < -0.39 is 10.1 Å². The molecule has 6 heteroatoms. The van der Waals surface area contributed by atoms with Crippen LogP contribution in [0, 0.1) is 13.8 Å². The Kier molecular flexibility index (Phi) is 4.28. The van der Waals surface area contributed by atoms with Crippen molar-refractivity contribution in [3.63, 3.8) is 0 Å². The van der Waals surface area contributed by atoms with E-state index in [1.165, 1.54) is 6.07 Å². The lowest BCUT2D eigenvalue weighted by Gasteiger charge is -2.12. The molecule has 2 rings (SSSR count). The SMILES string of the molecule is Cc1c(Cl)cccc1OS(=O)(=O)c1cccc(Cl)c1C. The molecule has 3 nitrogen and oxygen atoms in total. The molecule has 0 fully saturated rings. The lowest BCUT2D eigenvalue weighted by Crippen LogP contribution is -2.12. The standard InChI is InChI=1S/C14H12Cl2O3S/c1-9-11(15)5-3-7-13(9)19-20(17,18)14-8-4-6-12(16)10(14)2/h3-8H,1-2H3. The van der Waals surface area contributed by atoms with Gasteiger partial charge < -0.3 is 4.18 Å². The Labute approximate surface area is 128 Å². The fourth-order valence-electron chi connectivity index (χ4n) is 1.70. The van der Waals surface area contributed by atoms with Crippen LogP contribution in [0.2, 0.25) is 10.0 Å². The molecule has 0 aromatic heterocycles. The van der Waals surface area contributed by atoms with E-state index in [-0.39, 0.29) is 10.6 Å². The molecule has 20 heavy (non-hydrogen) atoms. The van der Waals surface area contributed by atoms with Crippen LogP contribution < -0.4 is 4.18 Å². The first-order valence-corrected chi connectivity index (χ1v) is 7.94. The number of rotatable bonds is 3. The molecule has 0 heterocycles. The quantitative estimate of drug-likeness (QED) is 0.784. The molecule has 0 aliphatic heterocycles. The summed E-state index contributed by atoms with van der Waals surface area (Å²) in [5.41, 5.74) is 1.02. The molecule has 0 unspecified atom stereocenters. The number of hydrogen-bond acceptors (Lipinski definition) is 3. The normalized spacial score (nSPS) is 11.4. The van der Waals surface area contributed by atoms with Gasteiger partial charge in [0.1, 0.15) is 10.6 Å². The van der Waals surface area contributed by atoms with Gasteiger partial charge in [0.15, 0.2) is 0 Å². The van der Waals surface area contributed by atoms with E-state index in [4.69, 9.17) is 27.4 Å². The van der Waals surface area contributed by atoms with Crippen LogP contribution in [0.4, 0.5) is 0 Å². The van der Waals surface area contributed by atoms with Crippen molar-refractivity contribution in [3.8, 4) is 5.75 Å². The topological polar surface area (TPSA) is 43.4 Å². The van der Waals surface area contributed by atoms with Crippen LogP contribution in [-0.4, -0.2) is 8.42 Å². The third kappa shape index (κ3) is 2.92. The molecule has 0 saturated heterocycles. The van der Waals surface area contributed by atoms with E-state index in [1.807, 2.05) is 0 Å². The van der Waals surface area contributed by atoms with Gasteiger partial charge in [0.05, 0.1) is 0 Å². The smallest absolute Gasteiger partial charge is 0.339 e. The molecular weight excluding hydrogens is 319 g/mol. The molecule has 0 saturated carbocycles. The molecule has 0 atom stereocenters. The Morgan fingerprint density at radius 2 is 1.45 bits per heavy atom. The van der Waals surface area contributed by atoms with Crippen LogP contribution in [0.25, 0.3) is 0 Å². The molecular formula is C14H12Cl2O3S. The predicted octanol–water partition coefficient (Wildman–Crippen LogP) is 4.38. The minimum atomic E-state index is -3.95. The number of halogens is 2. The van der Waals surface area contributed by atoms with Crippen molar-refractivity contribution in [1.82, 2.24) is 0 Å². The highest BCUT2D eigenvalue weighted by atomic mass is 35.5. The Hall–Kier alpha value is -1.23. The zero-order chi connectivity index (χ0) is 14.9. The maximum Gasteiger partial charge on any atom is 0.339 e. The molecule has 0 N–H and O–H groups in total. The molecule has 2 aromatic carbocycles. The van der Waals surface area contributed by atoms with Crippen LogP contribution in [0.15, 0.2) is 41.3 Å². The van der Waals surface area contributed by atoms with Gasteiger partial charge in [-0.1, -0.05) is 35.3 Å². The number of benzene rings is 2. The minimum absolute atomic E-state index is 0.0457. The van der Waals surface area contributed by atoms with E-state index in [2.05, 4.69) is 0 Å². The molecule has 0 spiro atoms. The summed E-state index contributed by atoms with van der Waals surface area (Å²) in [5.74, 6) is 0.205. The Balaban J connectivity index is 2.47. The fraction of sp³-hybridized carbons (Fsp3) is 0.143. The van der Waals surface area contributed by atoms with Gasteiger partial charge in [-0.3, -0.25) is 0 Å². The van der Waals surface area contributed by atoms with E-state index in [9.17, 15) is 8.42 Å². The van der Waals surface area contributed by atoms with Crippen molar-refractivity contribution in [2.75, 3.05) is 0 Å². The van der Waals surface area contributed by atoms with Gasteiger partial charge in [0.25, 0.3) is 0 Å². The van der Waals surface area contributed by atoms with Gasteiger partial charge in [-0.05, 0) is 43.7 Å². The van der Waals surface area contributed by atoms with Gasteiger partial charge >= 0.3 is 10.1 Å². The summed E-state index contributed by atoms with van der Waals surface area (Å²) >= 11 is 11.9. The van der Waals surface area contributed by atoms with Crippen LogP contribution in [0.5, 0.6) is 5.75 Å².